The molecule has 3 heteroatoms. The predicted molar refractivity (Wildman–Crippen MR) is 26.9 cm³/mol. The van der Waals surface area contributed by atoms with Crippen molar-refractivity contribution in [3.8, 4) is 0 Å². The Morgan fingerprint density at radius 3 is 2.75 bits per heavy atom. The first-order valence-electron chi connectivity index (χ1n) is 2.62. The van der Waals surface area contributed by atoms with Gasteiger partial charge in [0.1, 0.15) is 0 Å². The molecule has 1 rings (SSSR count). The SMILES string of the molecule is OC[C]1OCC[C@@H]1O. The van der Waals surface area contributed by atoms with Crippen molar-refractivity contribution in [3.05, 3.63) is 6.10 Å². The van der Waals surface area contributed by atoms with E-state index in [4.69, 9.17) is 14.9 Å². The molecule has 0 aromatic rings. The van der Waals surface area contributed by atoms with E-state index < -0.39 is 6.10 Å². The number of aliphatic hydroxyl groups is 2. The molecule has 0 bridgehead atoms. The highest BCUT2D eigenvalue weighted by atomic mass is 16.5. The van der Waals surface area contributed by atoms with Crippen LogP contribution in [-0.4, -0.2) is 29.5 Å². The van der Waals surface area contributed by atoms with E-state index in [-0.39, 0.29) is 6.61 Å². The number of hydrogen-bond donors (Lipinski definition) is 2. The molecule has 3 nitrogen and oxygen atoms in total. The van der Waals surface area contributed by atoms with E-state index in [1.165, 1.54) is 0 Å². The Bertz CT molecular complexity index is 74.1. The van der Waals surface area contributed by atoms with Gasteiger partial charge in [-0.25, -0.2) is 0 Å². The molecule has 2 N–H and O–H groups in total. The molecule has 1 saturated heterocycles. The Labute approximate surface area is 47.9 Å². The number of aliphatic hydroxyl groups excluding tert-OH is 2. The Kier molecular flexibility index (Phi) is 1.83. The fourth-order valence-corrected chi connectivity index (χ4v) is 0.710. The fourth-order valence-electron chi connectivity index (χ4n) is 0.710. The average molecular weight is 117 g/mol. The lowest BCUT2D eigenvalue weighted by Crippen LogP contribution is -2.15. The molecule has 47 valence electrons. The molecule has 1 heterocycles. The van der Waals surface area contributed by atoms with Gasteiger partial charge < -0.3 is 14.9 Å². The zero-order valence-corrected chi connectivity index (χ0v) is 4.50. The quantitative estimate of drug-likeness (QED) is 0.477. The van der Waals surface area contributed by atoms with E-state index in [0.717, 1.165) is 0 Å². The van der Waals surface area contributed by atoms with Crippen LogP contribution < -0.4 is 0 Å². The topological polar surface area (TPSA) is 49.7 Å². The summed E-state index contributed by atoms with van der Waals surface area (Å²) in [5.74, 6) is 0. The Morgan fingerprint density at radius 2 is 2.50 bits per heavy atom. The van der Waals surface area contributed by atoms with Gasteiger partial charge in [0, 0.05) is 0 Å². The third-order valence-corrected chi connectivity index (χ3v) is 1.21. The van der Waals surface area contributed by atoms with E-state index in [1.54, 1.807) is 0 Å². The van der Waals surface area contributed by atoms with Gasteiger partial charge in [0.2, 0.25) is 0 Å². The van der Waals surface area contributed by atoms with Crippen molar-refractivity contribution in [1.82, 2.24) is 0 Å². The molecule has 1 radical (unpaired) electrons. The van der Waals surface area contributed by atoms with E-state index >= 15 is 0 Å². The van der Waals surface area contributed by atoms with Crippen LogP contribution in [0.4, 0.5) is 0 Å². The zero-order chi connectivity index (χ0) is 5.98. The Hall–Kier alpha value is -0.120. The monoisotopic (exact) mass is 117 g/mol. The van der Waals surface area contributed by atoms with E-state index in [2.05, 4.69) is 0 Å². The summed E-state index contributed by atoms with van der Waals surface area (Å²) >= 11 is 0. The standard InChI is InChI=1S/C5H9O3/c6-3-5-4(7)1-2-8-5/h4,6-7H,1-3H2/t4-/m0/s1. The highest BCUT2D eigenvalue weighted by Gasteiger charge is 2.26. The summed E-state index contributed by atoms with van der Waals surface area (Å²) in [4.78, 5) is 0. The third-order valence-electron chi connectivity index (χ3n) is 1.21. The second-order valence-corrected chi connectivity index (χ2v) is 1.78. The van der Waals surface area contributed by atoms with Crippen LogP contribution in [-0.2, 0) is 4.74 Å². The predicted octanol–water partition coefficient (Wildman–Crippen LogP) is -0.708. The minimum atomic E-state index is -0.528. The number of rotatable bonds is 1. The molecule has 8 heavy (non-hydrogen) atoms. The molecule has 0 spiro atoms. The van der Waals surface area contributed by atoms with Gasteiger partial charge in [-0.05, 0) is 6.42 Å². The average Bonchev–Trinajstić information content (AvgIpc) is 2.14. The van der Waals surface area contributed by atoms with Crippen LogP contribution in [0.15, 0.2) is 0 Å². The highest BCUT2D eigenvalue weighted by Crippen LogP contribution is 2.18. The summed E-state index contributed by atoms with van der Waals surface area (Å²) in [5.41, 5.74) is 0. The molecule has 0 aromatic heterocycles. The molecule has 0 unspecified atom stereocenters. The summed E-state index contributed by atoms with van der Waals surface area (Å²) in [6, 6.07) is 0. The van der Waals surface area contributed by atoms with Crippen molar-refractivity contribution in [1.29, 1.82) is 0 Å². The third kappa shape index (κ3) is 0.992. The van der Waals surface area contributed by atoms with Crippen molar-refractivity contribution in [2.75, 3.05) is 13.2 Å². The van der Waals surface area contributed by atoms with Gasteiger partial charge in [-0.2, -0.15) is 0 Å². The lowest BCUT2D eigenvalue weighted by molar-refractivity contribution is 0.0850. The summed E-state index contributed by atoms with van der Waals surface area (Å²) in [6.45, 7) is 0.387. The molecular weight excluding hydrogens is 108 g/mol. The van der Waals surface area contributed by atoms with Gasteiger partial charge in [-0.3, -0.25) is 0 Å². The summed E-state index contributed by atoms with van der Waals surface area (Å²) < 4.78 is 4.83. The maximum absolute atomic E-state index is 8.87. The van der Waals surface area contributed by atoms with Crippen LogP contribution >= 0.6 is 0 Å². The van der Waals surface area contributed by atoms with E-state index in [1.807, 2.05) is 0 Å². The lowest BCUT2D eigenvalue weighted by atomic mass is 10.2. The smallest absolute Gasteiger partial charge is 0.150 e. The molecule has 1 atom stereocenters. The van der Waals surface area contributed by atoms with E-state index in [9.17, 15) is 0 Å². The van der Waals surface area contributed by atoms with Crippen LogP contribution in [0, 0.1) is 6.10 Å². The minimum Gasteiger partial charge on any atom is -0.393 e. The molecule has 0 aliphatic carbocycles. The first-order valence-corrected chi connectivity index (χ1v) is 2.62. The van der Waals surface area contributed by atoms with Crippen molar-refractivity contribution in [3.63, 3.8) is 0 Å². The Balaban J connectivity index is 2.30. The van der Waals surface area contributed by atoms with Crippen LogP contribution in [0.5, 0.6) is 0 Å². The maximum atomic E-state index is 8.87. The summed E-state index contributed by atoms with van der Waals surface area (Å²) in [6.07, 6.45) is 0.501. The molecule has 1 fully saturated rings. The largest absolute Gasteiger partial charge is 0.393 e. The summed E-state index contributed by atoms with van der Waals surface area (Å²) in [5, 5.41) is 17.3. The summed E-state index contributed by atoms with van der Waals surface area (Å²) in [7, 11) is 0. The highest BCUT2D eigenvalue weighted by molar-refractivity contribution is 4.91. The van der Waals surface area contributed by atoms with Gasteiger partial charge in [0.05, 0.1) is 19.3 Å². The second kappa shape index (κ2) is 2.44. The van der Waals surface area contributed by atoms with Gasteiger partial charge in [0.15, 0.2) is 6.10 Å². The molecule has 1 aliphatic heterocycles. The van der Waals surface area contributed by atoms with Gasteiger partial charge in [-0.1, -0.05) is 0 Å². The van der Waals surface area contributed by atoms with Crippen LogP contribution in [0.25, 0.3) is 0 Å². The van der Waals surface area contributed by atoms with Crippen LogP contribution in [0.3, 0.4) is 0 Å². The fraction of sp³-hybridized carbons (Fsp3) is 0.800. The first-order chi connectivity index (χ1) is 3.84. The molecule has 0 aromatic carbocycles. The zero-order valence-electron chi connectivity index (χ0n) is 4.50. The van der Waals surface area contributed by atoms with Crippen molar-refractivity contribution >= 4 is 0 Å². The van der Waals surface area contributed by atoms with Crippen LogP contribution in [0.2, 0.25) is 0 Å². The Morgan fingerprint density at radius 1 is 1.75 bits per heavy atom. The number of ether oxygens (including phenoxy) is 1. The lowest BCUT2D eigenvalue weighted by Gasteiger charge is -2.06. The van der Waals surface area contributed by atoms with Gasteiger partial charge >= 0.3 is 0 Å². The van der Waals surface area contributed by atoms with Gasteiger partial charge in [-0.15, -0.1) is 0 Å². The first kappa shape index (κ1) is 6.01. The van der Waals surface area contributed by atoms with Crippen molar-refractivity contribution in [2.24, 2.45) is 0 Å². The van der Waals surface area contributed by atoms with Crippen molar-refractivity contribution in [2.45, 2.75) is 12.5 Å². The second-order valence-electron chi connectivity index (χ2n) is 1.78. The maximum Gasteiger partial charge on any atom is 0.150 e. The minimum absolute atomic E-state index is 0.152. The number of hydrogen-bond acceptors (Lipinski definition) is 3. The molecule has 1 aliphatic rings. The van der Waals surface area contributed by atoms with Crippen LogP contribution in [0.1, 0.15) is 6.42 Å². The van der Waals surface area contributed by atoms with E-state index in [0.29, 0.717) is 19.1 Å². The molecular formula is C5H9O3. The normalized spacial score (nSPS) is 31.5. The molecule has 0 saturated carbocycles. The molecule has 0 amide bonds. The van der Waals surface area contributed by atoms with Gasteiger partial charge in [0.25, 0.3) is 0 Å². The van der Waals surface area contributed by atoms with Crippen molar-refractivity contribution < 1.29 is 14.9 Å².